The summed E-state index contributed by atoms with van der Waals surface area (Å²) in [5, 5.41) is 3.50. The lowest BCUT2D eigenvalue weighted by molar-refractivity contribution is -0.155. The minimum Gasteiger partial charge on any atom is -0.464 e. The first-order chi connectivity index (χ1) is 9.70. The van der Waals surface area contributed by atoms with Crippen LogP contribution < -0.4 is 5.32 Å². The first-order valence-corrected chi connectivity index (χ1v) is 8.67. The third-order valence-corrected chi connectivity index (χ3v) is 5.61. The van der Waals surface area contributed by atoms with Crippen molar-refractivity contribution in [1.82, 2.24) is 10.2 Å². The molecule has 112 valence electrons. The van der Waals surface area contributed by atoms with E-state index in [2.05, 4.69) is 5.32 Å². The summed E-state index contributed by atoms with van der Waals surface area (Å²) in [6, 6.07) is 0.444. The summed E-state index contributed by atoms with van der Waals surface area (Å²) in [6.45, 7) is 2.85. The van der Waals surface area contributed by atoms with Gasteiger partial charge in [0.1, 0.15) is 6.04 Å². The Morgan fingerprint density at radius 1 is 1.40 bits per heavy atom. The number of hydrogen-bond donors (Lipinski definition) is 1. The Morgan fingerprint density at radius 3 is 2.90 bits per heavy atom. The van der Waals surface area contributed by atoms with E-state index in [9.17, 15) is 9.59 Å². The molecule has 6 heteroatoms. The van der Waals surface area contributed by atoms with Gasteiger partial charge in [-0.2, -0.15) is 11.8 Å². The number of nitrogens with zero attached hydrogens (tertiary/aromatic N) is 1. The largest absolute Gasteiger partial charge is 0.464 e. The van der Waals surface area contributed by atoms with Crippen LogP contribution >= 0.6 is 11.8 Å². The topological polar surface area (TPSA) is 58.6 Å². The molecule has 0 aromatic rings. The van der Waals surface area contributed by atoms with Crippen molar-refractivity contribution in [2.75, 3.05) is 24.7 Å². The number of esters is 1. The standard InChI is InChI=1S/C14H22N2O3S/c1-2-19-14(18)12-8-20-6-5-16(12)13(17)10-7-9-3-4-11(10)15-9/h9-12,15H,2-8H2,1H3. The van der Waals surface area contributed by atoms with Gasteiger partial charge in [0.05, 0.1) is 12.5 Å². The molecule has 1 amide bonds. The first kappa shape index (κ1) is 14.2. The van der Waals surface area contributed by atoms with E-state index in [4.69, 9.17) is 4.74 Å². The molecule has 5 nitrogen and oxygen atoms in total. The fourth-order valence-corrected chi connectivity index (χ4v) is 4.64. The van der Waals surface area contributed by atoms with Gasteiger partial charge in [0.15, 0.2) is 0 Å². The fourth-order valence-electron chi connectivity index (χ4n) is 3.61. The number of hydrogen-bond acceptors (Lipinski definition) is 5. The zero-order chi connectivity index (χ0) is 14.1. The molecule has 4 unspecified atom stereocenters. The zero-order valence-electron chi connectivity index (χ0n) is 11.8. The van der Waals surface area contributed by atoms with Crippen molar-refractivity contribution in [3.63, 3.8) is 0 Å². The molecule has 3 aliphatic heterocycles. The second kappa shape index (κ2) is 5.93. The Hall–Kier alpha value is -0.750. The molecule has 0 aromatic carbocycles. The number of nitrogens with one attached hydrogen (secondary N) is 1. The molecule has 3 aliphatic rings. The Balaban J connectivity index is 1.69. The highest BCUT2D eigenvalue weighted by atomic mass is 32.2. The van der Waals surface area contributed by atoms with E-state index in [1.54, 1.807) is 23.6 Å². The second-order valence-corrected chi connectivity index (χ2v) is 6.91. The number of fused-ring (bicyclic) bond motifs is 2. The monoisotopic (exact) mass is 298 g/mol. The SMILES string of the molecule is CCOC(=O)C1CSCCN1C(=O)C1CC2CCC1N2. The van der Waals surface area contributed by atoms with Crippen LogP contribution in [0.1, 0.15) is 26.2 Å². The minimum absolute atomic E-state index is 0.0637. The molecule has 3 heterocycles. The van der Waals surface area contributed by atoms with Crippen LogP contribution in [0.2, 0.25) is 0 Å². The average molecular weight is 298 g/mol. The van der Waals surface area contributed by atoms with Gasteiger partial charge in [0.2, 0.25) is 5.91 Å². The van der Waals surface area contributed by atoms with Gasteiger partial charge in [-0.3, -0.25) is 4.79 Å². The normalized spacial score (nSPS) is 36.1. The van der Waals surface area contributed by atoms with Gasteiger partial charge in [-0.25, -0.2) is 4.79 Å². The number of rotatable bonds is 3. The van der Waals surface area contributed by atoms with Gasteiger partial charge < -0.3 is 15.0 Å². The summed E-state index contributed by atoms with van der Waals surface area (Å²) in [5.41, 5.74) is 0. The Bertz CT molecular complexity index is 404. The van der Waals surface area contributed by atoms with Crippen molar-refractivity contribution in [1.29, 1.82) is 0 Å². The molecule has 2 bridgehead atoms. The van der Waals surface area contributed by atoms with E-state index in [1.807, 2.05) is 0 Å². The van der Waals surface area contributed by atoms with Crippen LogP contribution in [0.3, 0.4) is 0 Å². The van der Waals surface area contributed by atoms with Gasteiger partial charge in [0, 0.05) is 30.1 Å². The van der Waals surface area contributed by atoms with Crippen molar-refractivity contribution in [3.05, 3.63) is 0 Å². The van der Waals surface area contributed by atoms with Crippen LogP contribution in [-0.2, 0) is 14.3 Å². The van der Waals surface area contributed by atoms with Crippen molar-refractivity contribution >= 4 is 23.6 Å². The number of thioether (sulfide) groups is 1. The highest BCUT2D eigenvalue weighted by molar-refractivity contribution is 7.99. The van der Waals surface area contributed by atoms with E-state index >= 15 is 0 Å². The van der Waals surface area contributed by atoms with E-state index < -0.39 is 0 Å². The number of ether oxygens (including phenoxy) is 1. The maximum Gasteiger partial charge on any atom is 0.329 e. The predicted molar refractivity (Wildman–Crippen MR) is 77.5 cm³/mol. The summed E-state index contributed by atoms with van der Waals surface area (Å²) in [7, 11) is 0. The van der Waals surface area contributed by atoms with E-state index in [-0.39, 0.29) is 23.8 Å². The lowest BCUT2D eigenvalue weighted by Crippen LogP contribution is -2.54. The van der Waals surface area contributed by atoms with Crippen LogP contribution in [0.15, 0.2) is 0 Å². The van der Waals surface area contributed by atoms with E-state index in [0.717, 1.165) is 18.6 Å². The highest BCUT2D eigenvalue weighted by Crippen LogP contribution is 2.35. The molecule has 0 spiro atoms. The maximum atomic E-state index is 12.8. The molecular formula is C14H22N2O3S. The maximum absolute atomic E-state index is 12.8. The summed E-state index contributed by atoms with van der Waals surface area (Å²) >= 11 is 1.73. The zero-order valence-corrected chi connectivity index (χ0v) is 12.7. The molecule has 3 saturated heterocycles. The Labute approximate surface area is 123 Å². The van der Waals surface area contributed by atoms with Crippen LogP contribution in [0, 0.1) is 5.92 Å². The molecular weight excluding hydrogens is 276 g/mol. The van der Waals surface area contributed by atoms with Gasteiger partial charge in [-0.15, -0.1) is 0 Å². The Morgan fingerprint density at radius 2 is 2.25 bits per heavy atom. The third kappa shape index (κ3) is 2.55. The number of carbonyl (C=O) groups excluding carboxylic acids is 2. The smallest absolute Gasteiger partial charge is 0.329 e. The molecule has 0 radical (unpaired) electrons. The number of amides is 1. The van der Waals surface area contributed by atoms with E-state index in [0.29, 0.717) is 31.0 Å². The molecule has 20 heavy (non-hydrogen) atoms. The molecule has 1 N–H and O–H groups in total. The molecule has 0 aliphatic carbocycles. The highest BCUT2D eigenvalue weighted by Gasteiger charge is 2.46. The van der Waals surface area contributed by atoms with Crippen molar-refractivity contribution < 1.29 is 14.3 Å². The summed E-state index contributed by atoms with van der Waals surface area (Å²) < 4.78 is 5.12. The number of carbonyl (C=O) groups is 2. The molecule has 4 atom stereocenters. The first-order valence-electron chi connectivity index (χ1n) is 7.51. The lowest BCUT2D eigenvalue weighted by Gasteiger charge is -2.36. The Kier molecular flexibility index (Phi) is 4.21. The molecule has 3 fully saturated rings. The average Bonchev–Trinajstić information content (AvgIpc) is 3.09. The van der Waals surface area contributed by atoms with Crippen LogP contribution in [0.25, 0.3) is 0 Å². The van der Waals surface area contributed by atoms with Crippen LogP contribution in [-0.4, -0.2) is 59.6 Å². The molecule has 3 rings (SSSR count). The van der Waals surface area contributed by atoms with Crippen LogP contribution in [0.5, 0.6) is 0 Å². The van der Waals surface area contributed by atoms with Crippen molar-refractivity contribution in [3.8, 4) is 0 Å². The minimum atomic E-state index is -0.389. The van der Waals surface area contributed by atoms with Gasteiger partial charge in [0.25, 0.3) is 0 Å². The van der Waals surface area contributed by atoms with Crippen molar-refractivity contribution in [2.45, 2.75) is 44.3 Å². The van der Waals surface area contributed by atoms with E-state index in [1.165, 1.54) is 6.42 Å². The molecule has 0 aromatic heterocycles. The van der Waals surface area contributed by atoms with Gasteiger partial charge in [-0.05, 0) is 26.2 Å². The lowest BCUT2D eigenvalue weighted by atomic mass is 9.88. The quantitative estimate of drug-likeness (QED) is 0.775. The second-order valence-electron chi connectivity index (χ2n) is 5.76. The predicted octanol–water partition coefficient (Wildman–Crippen LogP) is 0.634. The summed E-state index contributed by atoms with van der Waals surface area (Å²) in [5.74, 6) is 1.55. The van der Waals surface area contributed by atoms with Gasteiger partial charge >= 0.3 is 5.97 Å². The summed E-state index contributed by atoms with van der Waals surface area (Å²) in [4.78, 5) is 26.6. The van der Waals surface area contributed by atoms with Gasteiger partial charge in [-0.1, -0.05) is 0 Å². The molecule has 0 saturated carbocycles. The fraction of sp³-hybridized carbons (Fsp3) is 0.857. The van der Waals surface area contributed by atoms with Crippen LogP contribution in [0.4, 0.5) is 0 Å². The third-order valence-electron chi connectivity index (χ3n) is 4.59. The summed E-state index contributed by atoms with van der Waals surface area (Å²) in [6.07, 6.45) is 3.21. The van der Waals surface area contributed by atoms with Crippen molar-refractivity contribution in [2.24, 2.45) is 5.92 Å².